The molecule has 1 amide bonds. The molecule has 2 aromatic carbocycles. The first kappa shape index (κ1) is 18.8. The number of likely N-dealkylation sites (N-methyl/N-ethyl adjacent to an activating group) is 1. The Balaban J connectivity index is 1.95. The van der Waals surface area contributed by atoms with Crippen LogP contribution in [0.2, 0.25) is 0 Å². The molecule has 5 nitrogen and oxygen atoms in total. The van der Waals surface area contributed by atoms with Crippen molar-refractivity contribution in [2.75, 3.05) is 20.3 Å². The molecule has 134 valence electrons. The predicted molar refractivity (Wildman–Crippen MR) is 98.9 cm³/mol. The van der Waals surface area contributed by atoms with Gasteiger partial charge in [-0.05, 0) is 37.1 Å². The molecular formula is C20H26N2O3. The van der Waals surface area contributed by atoms with E-state index >= 15 is 0 Å². The molecule has 0 aromatic heterocycles. The zero-order chi connectivity index (χ0) is 18.1. The summed E-state index contributed by atoms with van der Waals surface area (Å²) in [5.74, 6) is 1.04. The van der Waals surface area contributed by atoms with E-state index in [-0.39, 0.29) is 18.6 Å². The molecule has 0 bridgehead atoms. The minimum Gasteiger partial charge on any atom is -0.493 e. The zero-order valence-electron chi connectivity index (χ0n) is 15.0. The maximum absolute atomic E-state index is 11.5. The van der Waals surface area contributed by atoms with Crippen molar-refractivity contribution in [3.63, 3.8) is 0 Å². The van der Waals surface area contributed by atoms with E-state index in [0.29, 0.717) is 24.6 Å². The first-order valence-electron chi connectivity index (χ1n) is 8.48. The molecule has 0 spiro atoms. The molecule has 0 saturated heterocycles. The predicted octanol–water partition coefficient (Wildman–Crippen LogP) is 3.06. The van der Waals surface area contributed by atoms with Crippen LogP contribution in [0.15, 0.2) is 48.5 Å². The van der Waals surface area contributed by atoms with Gasteiger partial charge in [-0.3, -0.25) is 4.79 Å². The second-order valence-electron chi connectivity index (χ2n) is 5.74. The Labute approximate surface area is 149 Å². The average molecular weight is 342 g/mol. The van der Waals surface area contributed by atoms with E-state index in [1.165, 1.54) is 5.56 Å². The van der Waals surface area contributed by atoms with Crippen LogP contribution in [-0.4, -0.2) is 26.2 Å². The molecular weight excluding hydrogens is 316 g/mol. The number of carbonyl (C=O) groups is 1. The van der Waals surface area contributed by atoms with Gasteiger partial charge in [0.1, 0.15) is 0 Å². The van der Waals surface area contributed by atoms with Gasteiger partial charge in [-0.25, -0.2) is 0 Å². The maximum atomic E-state index is 11.5. The summed E-state index contributed by atoms with van der Waals surface area (Å²) >= 11 is 0. The van der Waals surface area contributed by atoms with E-state index < -0.39 is 0 Å². The van der Waals surface area contributed by atoms with Crippen molar-refractivity contribution >= 4 is 5.91 Å². The first-order valence-corrected chi connectivity index (χ1v) is 8.48. The van der Waals surface area contributed by atoms with Crippen molar-refractivity contribution < 1.29 is 14.3 Å². The number of ether oxygens (including phenoxy) is 2. The summed E-state index contributed by atoms with van der Waals surface area (Å²) in [5, 5.41) is 6.19. The minimum atomic E-state index is -0.146. The number of benzene rings is 2. The Morgan fingerprint density at radius 2 is 1.88 bits per heavy atom. The molecule has 1 unspecified atom stereocenters. The Morgan fingerprint density at radius 3 is 2.56 bits per heavy atom. The Morgan fingerprint density at radius 1 is 1.12 bits per heavy atom. The van der Waals surface area contributed by atoms with Crippen LogP contribution in [0.25, 0.3) is 0 Å². The molecule has 0 radical (unpaired) electrons. The highest BCUT2D eigenvalue weighted by atomic mass is 16.5. The van der Waals surface area contributed by atoms with E-state index in [2.05, 4.69) is 29.7 Å². The van der Waals surface area contributed by atoms with Gasteiger partial charge in [-0.1, -0.05) is 36.4 Å². The van der Waals surface area contributed by atoms with Crippen molar-refractivity contribution in [1.29, 1.82) is 0 Å². The van der Waals surface area contributed by atoms with Crippen LogP contribution < -0.4 is 20.1 Å². The fourth-order valence-corrected chi connectivity index (χ4v) is 2.46. The van der Waals surface area contributed by atoms with Crippen LogP contribution in [0.3, 0.4) is 0 Å². The molecule has 2 N–H and O–H groups in total. The maximum Gasteiger partial charge on any atom is 0.257 e. The van der Waals surface area contributed by atoms with Crippen molar-refractivity contribution in [3.05, 3.63) is 59.7 Å². The highest BCUT2D eigenvalue weighted by Gasteiger charge is 2.09. The quantitative estimate of drug-likeness (QED) is 0.735. The van der Waals surface area contributed by atoms with Crippen molar-refractivity contribution in [2.45, 2.75) is 26.4 Å². The van der Waals surface area contributed by atoms with Crippen LogP contribution in [0.5, 0.6) is 11.5 Å². The zero-order valence-corrected chi connectivity index (χ0v) is 15.0. The third-order valence-electron chi connectivity index (χ3n) is 3.87. The number of amides is 1. The summed E-state index contributed by atoms with van der Waals surface area (Å²) in [4.78, 5) is 11.5. The molecule has 0 saturated carbocycles. The smallest absolute Gasteiger partial charge is 0.257 e. The average Bonchev–Trinajstić information content (AvgIpc) is 2.65. The molecule has 2 aromatic rings. The van der Waals surface area contributed by atoms with Crippen molar-refractivity contribution in [3.8, 4) is 11.5 Å². The van der Waals surface area contributed by atoms with E-state index in [4.69, 9.17) is 9.47 Å². The van der Waals surface area contributed by atoms with Crippen LogP contribution in [-0.2, 0) is 11.3 Å². The SMILES string of the molecule is CCNC(=O)COc1ccc(CNC(C)c2ccccc2)cc1OC. The topological polar surface area (TPSA) is 59.6 Å². The number of rotatable bonds is 9. The van der Waals surface area contributed by atoms with Crippen LogP contribution in [0.4, 0.5) is 0 Å². The van der Waals surface area contributed by atoms with E-state index in [1.54, 1.807) is 7.11 Å². The monoisotopic (exact) mass is 342 g/mol. The molecule has 2 rings (SSSR count). The summed E-state index contributed by atoms with van der Waals surface area (Å²) in [6.07, 6.45) is 0. The van der Waals surface area contributed by atoms with Gasteiger partial charge < -0.3 is 20.1 Å². The summed E-state index contributed by atoms with van der Waals surface area (Å²) in [6.45, 7) is 5.28. The minimum absolute atomic E-state index is 0.0210. The van der Waals surface area contributed by atoms with Gasteiger partial charge in [0.25, 0.3) is 5.91 Å². The molecule has 5 heteroatoms. The summed E-state index contributed by atoms with van der Waals surface area (Å²) in [6, 6.07) is 16.3. The molecule has 0 aliphatic carbocycles. The van der Waals surface area contributed by atoms with Gasteiger partial charge in [0, 0.05) is 19.1 Å². The summed E-state index contributed by atoms with van der Waals surface area (Å²) < 4.78 is 10.9. The molecule has 25 heavy (non-hydrogen) atoms. The fourth-order valence-electron chi connectivity index (χ4n) is 2.46. The van der Waals surface area contributed by atoms with Crippen molar-refractivity contribution in [1.82, 2.24) is 10.6 Å². The summed E-state index contributed by atoms with van der Waals surface area (Å²) in [7, 11) is 1.60. The second-order valence-corrected chi connectivity index (χ2v) is 5.74. The van der Waals surface area contributed by atoms with Gasteiger partial charge in [-0.15, -0.1) is 0 Å². The lowest BCUT2D eigenvalue weighted by Crippen LogP contribution is -2.28. The molecule has 0 fully saturated rings. The van der Waals surface area contributed by atoms with Gasteiger partial charge in [0.05, 0.1) is 7.11 Å². The first-order chi connectivity index (χ1) is 12.1. The second kappa shape index (κ2) is 9.69. The largest absolute Gasteiger partial charge is 0.493 e. The molecule has 0 aliphatic rings. The summed E-state index contributed by atoms with van der Waals surface area (Å²) in [5.41, 5.74) is 2.33. The lowest BCUT2D eigenvalue weighted by atomic mass is 10.1. The van der Waals surface area contributed by atoms with E-state index in [0.717, 1.165) is 5.56 Å². The number of hydrogen-bond acceptors (Lipinski definition) is 4. The van der Waals surface area contributed by atoms with Gasteiger partial charge in [-0.2, -0.15) is 0 Å². The van der Waals surface area contributed by atoms with Crippen LogP contribution in [0, 0.1) is 0 Å². The van der Waals surface area contributed by atoms with Gasteiger partial charge in [0.2, 0.25) is 0 Å². The Kier molecular flexibility index (Phi) is 7.29. The lowest BCUT2D eigenvalue weighted by molar-refractivity contribution is -0.123. The van der Waals surface area contributed by atoms with Crippen LogP contribution in [0.1, 0.15) is 31.0 Å². The molecule has 0 aliphatic heterocycles. The number of methoxy groups -OCH3 is 1. The van der Waals surface area contributed by atoms with Gasteiger partial charge in [0.15, 0.2) is 18.1 Å². The number of nitrogens with one attached hydrogen (secondary N) is 2. The molecule has 0 heterocycles. The lowest BCUT2D eigenvalue weighted by Gasteiger charge is -2.16. The van der Waals surface area contributed by atoms with E-state index in [9.17, 15) is 4.79 Å². The number of hydrogen-bond donors (Lipinski definition) is 2. The molecule has 1 atom stereocenters. The Hall–Kier alpha value is -2.53. The number of carbonyl (C=O) groups excluding carboxylic acids is 1. The standard InChI is InChI=1S/C20H26N2O3/c1-4-21-20(23)14-25-18-11-10-16(12-19(18)24-3)13-22-15(2)17-8-6-5-7-9-17/h5-12,15,22H,4,13-14H2,1-3H3,(H,21,23). The normalized spacial score (nSPS) is 11.6. The van der Waals surface area contributed by atoms with Crippen molar-refractivity contribution in [2.24, 2.45) is 0 Å². The highest BCUT2D eigenvalue weighted by molar-refractivity contribution is 5.77. The Bertz CT molecular complexity index is 674. The highest BCUT2D eigenvalue weighted by Crippen LogP contribution is 2.28. The van der Waals surface area contributed by atoms with Gasteiger partial charge >= 0.3 is 0 Å². The fraction of sp³-hybridized carbons (Fsp3) is 0.350. The van der Waals surface area contributed by atoms with Crippen LogP contribution >= 0.6 is 0 Å². The van der Waals surface area contributed by atoms with E-state index in [1.807, 2.05) is 43.3 Å². The third-order valence-corrected chi connectivity index (χ3v) is 3.87. The third kappa shape index (κ3) is 5.80.